The molecule has 0 atom stereocenters. The predicted octanol–water partition coefficient (Wildman–Crippen LogP) is 6.21. The van der Waals surface area contributed by atoms with Gasteiger partial charge in [0.2, 0.25) is 0 Å². The molecule has 164 valence electrons. The van der Waals surface area contributed by atoms with Crippen LogP contribution in [0.2, 0.25) is 0 Å². The van der Waals surface area contributed by atoms with Gasteiger partial charge in [-0.05, 0) is 73.9 Å². The lowest BCUT2D eigenvalue weighted by atomic mass is 10.0. The molecule has 0 amide bonds. The van der Waals surface area contributed by atoms with Crippen LogP contribution in [0.1, 0.15) is 20.3 Å². The number of hydrogen-bond acceptors (Lipinski definition) is 4. The fraction of sp³-hybridized carbons (Fsp3) is 0.111. The summed E-state index contributed by atoms with van der Waals surface area (Å²) in [5.74, 6) is 0. The molecule has 0 aliphatic carbocycles. The lowest BCUT2D eigenvalue weighted by Gasteiger charge is -2.08. The van der Waals surface area contributed by atoms with Crippen LogP contribution in [0.15, 0.2) is 109 Å². The summed E-state index contributed by atoms with van der Waals surface area (Å²) in [6.07, 6.45) is 12.4. The summed E-state index contributed by atoms with van der Waals surface area (Å²) < 4.78 is 0. The van der Waals surface area contributed by atoms with Gasteiger partial charge in [0.1, 0.15) is 22.1 Å². The summed E-state index contributed by atoms with van der Waals surface area (Å²) in [6.45, 7) is 12.0. The van der Waals surface area contributed by atoms with Crippen LogP contribution in [0.3, 0.4) is 0 Å². The van der Waals surface area contributed by atoms with Crippen molar-refractivity contribution < 1.29 is 0 Å². The minimum atomic E-state index is 0.677. The molecule has 0 saturated carbocycles. The Morgan fingerprint density at radius 3 is 1.55 bits per heavy atom. The largest absolute Gasteiger partial charge is 0.151 e. The highest BCUT2D eigenvalue weighted by Gasteiger charge is 2.08. The molecule has 0 spiro atoms. The highest BCUT2D eigenvalue weighted by molar-refractivity contribution is 5.75. The average Bonchev–Trinajstić information content (AvgIpc) is 3.48. The van der Waals surface area contributed by atoms with Gasteiger partial charge in [0, 0.05) is 0 Å². The number of fused-ring (bicyclic) bond motifs is 2. The minimum Gasteiger partial charge on any atom is -0.151 e. The van der Waals surface area contributed by atoms with Crippen molar-refractivity contribution in [3.8, 4) is 0 Å². The zero-order valence-electron chi connectivity index (χ0n) is 18.9. The van der Waals surface area contributed by atoms with Crippen LogP contribution < -0.4 is 0 Å². The van der Waals surface area contributed by atoms with Crippen molar-refractivity contribution in [2.75, 3.05) is 0 Å². The van der Waals surface area contributed by atoms with E-state index in [-0.39, 0.29) is 0 Å². The quantitative estimate of drug-likeness (QED) is 0.309. The number of rotatable bonds is 8. The first kappa shape index (κ1) is 21.9. The second kappa shape index (κ2) is 9.87. The molecule has 4 rings (SSSR count). The van der Waals surface area contributed by atoms with Gasteiger partial charge in [0.05, 0.1) is 11.4 Å². The third-order valence-electron chi connectivity index (χ3n) is 5.25. The smallest absolute Gasteiger partial charge is 0.113 e. The SMILES string of the molecule is C=C/C(=C\C(=C/C)n1nc2ccccc2n1)CC(=C/C)/C=C(\C=C)n1nc2ccccc2n1. The van der Waals surface area contributed by atoms with E-state index in [2.05, 4.69) is 45.7 Å². The number of hydrogen-bond donors (Lipinski definition) is 0. The van der Waals surface area contributed by atoms with Crippen LogP contribution >= 0.6 is 0 Å². The summed E-state index contributed by atoms with van der Waals surface area (Å²) in [5.41, 5.74) is 7.21. The van der Waals surface area contributed by atoms with Crippen LogP contribution in [0.4, 0.5) is 0 Å². The van der Waals surface area contributed by atoms with Crippen LogP contribution in [0.25, 0.3) is 33.5 Å². The maximum Gasteiger partial charge on any atom is 0.113 e. The zero-order valence-corrected chi connectivity index (χ0v) is 18.9. The van der Waals surface area contributed by atoms with Gasteiger partial charge in [-0.2, -0.15) is 9.59 Å². The first-order chi connectivity index (χ1) is 16.1. The lowest BCUT2D eigenvalue weighted by Crippen LogP contribution is -2.01. The molecular weight excluding hydrogens is 408 g/mol. The first-order valence-electron chi connectivity index (χ1n) is 10.8. The van der Waals surface area contributed by atoms with Gasteiger partial charge >= 0.3 is 0 Å². The Morgan fingerprint density at radius 1 is 0.667 bits per heavy atom. The molecule has 0 unspecified atom stereocenters. The second-order valence-corrected chi connectivity index (χ2v) is 7.41. The lowest BCUT2D eigenvalue weighted by molar-refractivity contribution is 0.788. The molecule has 2 aromatic heterocycles. The highest BCUT2D eigenvalue weighted by atomic mass is 15.5. The van der Waals surface area contributed by atoms with Crippen LogP contribution in [0.5, 0.6) is 0 Å². The van der Waals surface area contributed by atoms with E-state index in [0.717, 1.165) is 44.6 Å². The molecule has 0 radical (unpaired) electrons. The van der Waals surface area contributed by atoms with Crippen molar-refractivity contribution in [1.29, 1.82) is 0 Å². The van der Waals surface area contributed by atoms with Gasteiger partial charge in [-0.25, -0.2) is 0 Å². The molecule has 33 heavy (non-hydrogen) atoms. The Morgan fingerprint density at radius 2 is 1.15 bits per heavy atom. The average molecular weight is 435 g/mol. The maximum atomic E-state index is 4.59. The summed E-state index contributed by atoms with van der Waals surface area (Å²) in [4.78, 5) is 3.28. The number of benzene rings is 2. The van der Waals surface area contributed by atoms with Crippen molar-refractivity contribution in [3.63, 3.8) is 0 Å². The molecule has 0 aliphatic heterocycles. The van der Waals surface area contributed by atoms with Crippen molar-refractivity contribution in [1.82, 2.24) is 30.0 Å². The summed E-state index contributed by atoms with van der Waals surface area (Å²) >= 11 is 0. The molecular formula is C27H26N6. The number of allylic oxidation sites excluding steroid dienone is 10. The summed E-state index contributed by atoms with van der Waals surface area (Å²) in [7, 11) is 0. The summed E-state index contributed by atoms with van der Waals surface area (Å²) in [5, 5.41) is 18.3. The molecule has 0 N–H and O–H groups in total. The van der Waals surface area contributed by atoms with E-state index in [1.165, 1.54) is 0 Å². The maximum absolute atomic E-state index is 4.59. The predicted molar refractivity (Wildman–Crippen MR) is 136 cm³/mol. The van der Waals surface area contributed by atoms with E-state index in [0.29, 0.717) is 6.42 Å². The molecule has 4 aromatic rings. The second-order valence-electron chi connectivity index (χ2n) is 7.41. The van der Waals surface area contributed by atoms with Crippen LogP contribution in [-0.4, -0.2) is 30.0 Å². The fourth-order valence-electron chi connectivity index (χ4n) is 3.44. The van der Waals surface area contributed by atoms with Crippen molar-refractivity contribution >= 4 is 33.5 Å². The van der Waals surface area contributed by atoms with E-state index in [4.69, 9.17) is 0 Å². The zero-order chi connectivity index (χ0) is 23.2. The monoisotopic (exact) mass is 434 g/mol. The van der Waals surface area contributed by atoms with Gasteiger partial charge in [-0.15, -0.1) is 20.4 Å². The third kappa shape index (κ3) is 4.80. The van der Waals surface area contributed by atoms with Crippen LogP contribution in [-0.2, 0) is 0 Å². The highest BCUT2D eigenvalue weighted by Crippen LogP contribution is 2.21. The van der Waals surface area contributed by atoms with Gasteiger partial charge < -0.3 is 0 Å². The third-order valence-corrected chi connectivity index (χ3v) is 5.25. The van der Waals surface area contributed by atoms with Crippen molar-refractivity contribution in [2.45, 2.75) is 20.3 Å². The normalized spacial score (nSPS) is 13.6. The molecule has 2 heterocycles. The van der Waals surface area contributed by atoms with Crippen molar-refractivity contribution in [2.24, 2.45) is 0 Å². The van der Waals surface area contributed by atoms with Gasteiger partial charge in [0.25, 0.3) is 0 Å². The van der Waals surface area contributed by atoms with Gasteiger partial charge in [-0.3, -0.25) is 0 Å². The number of aromatic nitrogens is 6. The van der Waals surface area contributed by atoms with E-state index in [1.807, 2.05) is 80.6 Å². The van der Waals surface area contributed by atoms with Crippen molar-refractivity contribution in [3.05, 3.63) is 109 Å². The standard InChI is InChI=1S/C27H26N6/c1-5-20(18-22(7-3)32-28-24-13-9-10-14-25(24)29-32)17-21(6-2)19-23(8-4)33-30-26-15-11-12-16-27(26)31-33/h5-16,18-19H,1,4,17H2,2-3H3/b20-18+,21-6-,22-7+,23-19+. The summed E-state index contributed by atoms with van der Waals surface area (Å²) in [6, 6.07) is 15.6. The van der Waals surface area contributed by atoms with E-state index in [9.17, 15) is 0 Å². The molecule has 6 nitrogen and oxygen atoms in total. The Balaban J connectivity index is 1.61. The molecule has 2 aromatic carbocycles. The van der Waals surface area contributed by atoms with E-state index < -0.39 is 0 Å². The Labute approximate surface area is 193 Å². The fourth-order valence-corrected chi connectivity index (χ4v) is 3.44. The molecule has 0 saturated heterocycles. The van der Waals surface area contributed by atoms with E-state index in [1.54, 1.807) is 15.7 Å². The van der Waals surface area contributed by atoms with Crippen LogP contribution in [0, 0.1) is 0 Å². The molecule has 0 bridgehead atoms. The van der Waals surface area contributed by atoms with Gasteiger partial charge in [0.15, 0.2) is 0 Å². The Hall–Kier alpha value is -4.32. The first-order valence-corrected chi connectivity index (χ1v) is 10.8. The Bertz CT molecular complexity index is 1380. The number of nitrogens with zero attached hydrogens (tertiary/aromatic N) is 6. The molecule has 0 aliphatic rings. The topological polar surface area (TPSA) is 61.4 Å². The van der Waals surface area contributed by atoms with E-state index >= 15 is 0 Å². The van der Waals surface area contributed by atoms with Gasteiger partial charge in [-0.1, -0.05) is 55.7 Å². The minimum absolute atomic E-state index is 0.677. The molecule has 6 heteroatoms. The molecule has 0 fully saturated rings. The Kier molecular flexibility index (Phi) is 6.55.